The van der Waals surface area contributed by atoms with E-state index in [0.29, 0.717) is 12.1 Å². The van der Waals surface area contributed by atoms with Crippen LogP contribution in [0.4, 0.5) is 23.2 Å². The van der Waals surface area contributed by atoms with Gasteiger partial charge in [0.05, 0.1) is 12.1 Å². The van der Waals surface area contributed by atoms with Crippen LogP contribution in [0.15, 0.2) is 18.2 Å². The third-order valence-electron chi connectivity index (χ3n) is 2.37. The molecule has 0 amide bonds. The maximum absolute atomic E-state index is 13.0. The maximum Gasteiger partial charge on any atom is 0.419 e. The summed E-state index contributed by atoms with van der Waals surface area (Å²) in [6, 6.07) is 2.14. The molecule has 0 saturated heterocycles. The number of halogens is 4. The second-order valence-corrected chi connectivity index (χ2v) is 4.12. The van der Waals surface area contributed by atoms with Crippen molar-refractivity contribution in [2.75, 3.05) is 11.9 Å². The first-order valence-electron chi connectivity index (χ1n) is 5.10. The van der Waals surface area contributed by atoms with Crippen LogP contribution in [0.5, 0.6) is 0 Å². The average molecular weight is 281 g/mol. The molecule has 0 aliphatic heterocycles. The van der Waals surface area contributed by atoms with Crippen molar-refractivity contribution in [2.24, 2.45) is 0 Å². The number of aliphatic carboxylic acids is 1. The lowest BCUT2D eigenvalue weighted by Gasteiger charge is -2.19. The molecule has 0 heterocycles. The van der Waals surface area contributed by atoms with Gasteiger partial charge in [-0.1, -0.05) is 0 Å². The zero-order chi connectivity index (χ0) is 14.8. The van der Waals surface area contributed by atoms with Gasteiger partial charge in [0.15, 0.2) is 5.60 Å². The molecule has 8 heteroatoms. The molecule has 0 aliphatic carbocycles. The number of benzene rings is 1. The Bertz CT molecular complexity index is 485. The van der Waals surface area contributed by atoms with Crippen LogP contribution in [-0.2, 0) is 11.0 Å². The summed E-state index contributed by atoms with van der Waals surface area (Å²) >= 11 is 0. The molecule has 4 nitrogen and oxygen atoms in total. The quantitative estimate of drug-likeness (QED) is 0.739. The van der Waals surface area contributed by atoms with Crippen LogP contribution < -0.4 is 5.32 Å². The molecule has 0 bridgehead atoms. The van der Waals surface area contributed by atoms with E-state index in [1.54, 1.807) is 0 Å². The zero-order valence-corrected chi connectivity index (χ0v) is 9.75. The van der Waals surface area contributed by atoms with Gasteiger partial charge < -0.3 is 15.5 Å². The maximum atomic E-state index is 13.0. The summed E-state index contributed by atoms with van der Waals surface area (Å²) in [5, 5.41) is 20.3. The molecule has 0 radical (unpaired) electrons. The number of rotatable bonds is 4. The van der Waals surface area contributed by atoms with Gasteiger partial charge in [0, 0.05) is 5.69 Å². The Kier molecular flexibility index (Phi) is 4.04. The van der Waals surface area contributed by atoms with E-state index >= 15 is 0 Å². The second kappa shape index (κ2) is 5.04. The van der Waals surface area contributed by atoms with Crippen molar-refractivity contribution in [3.05, 3.63) is 29.6 Å². The van der Waals surface area contributed by atoms with Crippen LogP contribution in [0.3, 0.4) is 0 Å². The Morgan fingerprint density at radius 3 is 2.42 bits per heavy atom. The highest BCUT2D eigenvalue weighted by Crippen LogP contribution is 2.33. The SMILES string of the molecule is CC(O)(CNc1ccc(F)c(C(F)(F)F)c1)C(=O)O. The van der Waals surface area contributed by atoms with E-state index < -0.39 is 35.7 Å². The lowest BCUT2D eigenvalue weighted by molar-refractivity contribution is -0.155. The molecule has 0 aromatic heterocycles. The fraction of sp³-hybridized carbons (Fsp3) is 0.364. The summed E-state index contributed by atoms with van der Waals surface area (Å²) in [6.45, 7) is 0.460. The predicted octanol–water partition coefficient (Wildman–Crippen LogP) is 2.09. The molecule has 106 valence electrons. The van der Waals surface area contributed by atoms with Gasteiger partial charge in [0.2, 0.25) is 0 Å². The minimum absolute atomic E-state index is 0.143. The Hall–Kier alpha value is -1.83. The third-order valence-corrected chi connectivity index (χ3v) is 2.37. The van der Waals surface area contributed by atoms with Crippen molar-refractivity contribution < 1.29 is 32.6 Å². The first-order valence-corrected chi connectivity index (χ1v) is 5.10. The standard InChI is InChI=1S/C11H11F4NO3/c1-10(19,9(17)18)5-16-6-2-3-8(12)7(4-6)11(13,14)15/h2-4,16,19H,5H2,1H3,(H,17,18). The first-order chi connectivity index (χ1) is 8.54. The summed E-state index contributed by atoms with van der Waals surface area (Å²) in [5.74, 6) is -2.96. The number of hydrogen-bond donors (Lipinski definition) is 3. The van der Waals surface area contributed by atoms with Crippen molar-refractivity contribution >= 4 is 11.7 Å². The second-order valence-electron chi connectivity index (χ2n) is 4.12. The minimum atomic E-state index is -4.85. The fourth-order valence-electron chi connectivity index (χ4n) is 1.20. The molecule has 1 unspecified atom stereocenters. The van der Waals surface area contributed by atoms with E-state index in [1.165, 1.54) is 0 Å². The van der Waals surface area contributed by atoms with Crippen LogP contribution in [0.25, 0.3) is 0 Å². The van der Waals surface area contributed by atoms with Crippen LogP contribution in [0.1, 0.15) is 12.5 Å². The highest BCUT2D eigenvalue weighted by atomic mass is 19.4. The molecule has 0 saturated carbocycles. The highest BCUT2D eigenvalue weighted by Gasteiger charge is 2.34. The highest BCUT2D eigenvalue weighted by molar-refractivity contribution is 5.77. The first kappa shape index (κ1) is 15.2. The zero-order valence-electron chi connectivity index (χ0n) is 9.75. The van der Waals surface area contributed by atoms with Crippen LogP contribution >= 0.6 is 0 Å². The van der Waals surface area contributed by atoms with Gasteiger partial charge in [0.25, 0.3) is 0 Å². The van der Waals surface area contributed by atoms with Crippen molar-refractivity contribution in [2.45, 2.75) is 18.7 Å². The predicted molar refractivity (Wildman–Crippen MR) is 58.2 cm³/mol. The van der Waals surface area contributed by atoms with Gasteiger partial charge in [-0.05, 0) is 25.1 Å². The van der Waals surface area contributed by atoms with Crippen LogP contribution in [-0.4, -0.2) is 28.3 Å². The normalized spacial score (nSPS) is 14.8. The van der Waals surface area contributed by atoms with Crippen LogP contribution in [0, 0.1) is 5.82 Å². The number of anilines is 1. The average Bonchev–Trinajstić information content (AvgIpc) is 2.26. The van der Waals surface area contributed by atoms with E-state index in [-0.39, 0.29) is 5.69 Å². The smallest absolute Gasteiger partial charge is 0.419 e. The monoisotopic (exact) mass is 281 g/mol. The molecule has 1 rings (SSSR count). The van der Waals surface area contributed by atoms with E-state index in [4.69, 9.17) is 5.11 Å². The van der Waals surface area contributed by atoms with Crippen molar-refractivity contribution in [1.29, 1.82) is 0 Å². The van der Waals surface area contributed by atoms with Gasteiger partial charge in [-0.25, -0.2) is 9.18 Å². The molecule has 1 atom stereocenters. The van der Waals surface area contributed by atoms with E-state index in [2.05, 4.69) is 5.32 Å². The largest absolute Gasteiger partial charge is 0.479 e. The molecule has 3 N–H and O–H groups in total. The van der Waals surface area contributed by atoms with E-state index in [1.807, 2.05) is 0 Å². The van der Waals surface area contributed by atoms with Gasteiger partial charge in [-0.2, -0.15) is 13.2 Å². The van der Waals surface area contributed by atoms with Gasteiger partial charge in [-0.15, -0.1) is 0 Å². The lowest BCUT2D eigenvalue weighted by atomic mass is 10.1. The fourth-order valence-corrected chi connectivity index (χ4v) is 1.20. The minimum Gasteiger partial charge on any atom is -0.479 e. The lowest BCUT2D eigenvalue weighted by Crippen LogP contribution is -2.41. The molecular formula is C11H11F4NO3. The van der Waals surface area contributed by atoms with Crippen LogP contribution in [0.2, 0.25) is 0 Å². The third kappa shape index (κ3) is 3.82. The summed E-state index contributed by atoms with van der Waals surface area (Å²) in [4.78, 5) is 10.6. The topological polar surface area (TPSA) is 69.6 Å². The van der Waals surface area contributed by atoms with Gasteiger partial charge >= 0.3 is 12.1 Å². The van der Waals surface area contributed by atoms with E-state index in [9.17, 15) is 27.5 Å². The Morgan fingerprint density at radius 2 is 1.95 bits per heavy atom. The van der Waals surface area contributed by atoms with Crippen molar-refractivity contribution in [3.8, 4) is 0 Å². The number of nitrogens with one attached hydrogen (secondary N) is 1. The van der Waals surface area contributed by atoms with Crippen molar-refractivity contribution in [1.82, 2.24) is 0 Å². The molecule has 0 aliphatic rings. The molecule has 19 heavy (non-hydrogen) atoms. The molecule has 0 spiro atoms. The van der Waals surface area contributed by atoms with Crippen molar-refractivity contribution in [3.63, 3.8) is 0 Å². The van der Waals surface area contributed by atoms with Gasteiger partial charge in [0.1, 0.15) is 5.82 Å². The Morgan fingerprint density at radius 1 is 1.37 bits per heavy atom. The van der Waals surface area contributed by atoms with E-state index in [0.717, 1.165) is 13.0 Å². The summed E-state index contributed by atoms with van der Waals surface area (Å²) < 4.78 is 50.2. The Balaban J connectivity index is 2.90. The number of aliphatic hydroxyl groups is 1. The number of carbonyl (C=O) groups is 1. The van der Waals surface area contributed by atoms with Gasteiger partial charge in [-0.3, -0.25) is 0 Å². The number of hydrogen-bond acceptors (Lipinski definition) is 3. The molecule has 1 aromatic carbocycles. The molecule has 0 fully saturated rings. The molecular weight excluding hydrogens is 270 g/mol. The number of carboxylic acid groups (broad SMARTS) is 1. The molecule has 1 aromatic rings. The summed E-state index contributed by atoms with van der Waals surface area (Å²) in [6.07, 6.45) is -4.85. The Labute approximate surface area is 105 Å². The number of alkyl halides is 3. The summed E-state index contributed by atoms with van der Waals surface area (Å²) in [7, 11) is 0. The number of carboxylic acids is 1. The summed E-state index contributed by atoms with van der Waals surface area (Å²) in [5.41, 5.74) is -3.75.